The van der Waals surface area contributed by atoms with Crippen molar-refractivity contribution in [2.24, 2.45) is 0 Å². The van der Waals surface area contributed by atoms with Crippen molar-refractivity contribution in [1.29, 1.82) is 0 Å². The van der Waals surface area contributed by atoms with E-state index in [0.29, 0.717) is 6.54 Å². The Morgan fingerprint density at radius 3 is 2.56 bits per heavy atom. The maximum Gasteiger partial charge on any atom is 0.132 e. The lowest BCUT2D eigenvalue weighted by molar-refractivity contribution is 0.820. The van der Waals surface area contributed by atoms with Gasteiger partial charge in [-0.25, -0.2) is 9.97 Å². The highest BCUT2D eigenvalue weighted by Gasteiger charge is 1.99. The molecule has 1 aromatic rings. The lowest BCUT2D eigenvalue weighted by Crippen LogP contribution is -2.18. The predicted octanol–water partition coefficient (Wildman–Crippen LogP) is 1.01. The summed E-state index contributed by atoms with van der Waals surface area (Å²) in [7, 11) is 1.92. The average molecular weight is 221 g/mol. The fourth-order valence-electron chi connectivity index (χ4n) is 1.24. The average Bonchev–Trinajstić information content (AvgIpc) is 2.26. The van der Waals surface area contributed by atoms with Crippen molar-refractivity contribution in [3.8, 4) is 0 Å². The highest BCUT2D eigenvalue weighted by molar-refractivity contribution is 5.47. The number of aryl methyl sites for hydroxylation is 1. The van der Waals surface area contributed by atoms with Crippen molar-refractivity contribution < 1.29 is 0 Å². The maximum atomic E-state index is 4.30. The zero-order valence-electron chi connectivity index (χ0n) is 9.88. The van der Waals surface area contributed by atoms with Crippen LogP contribution in [0.1, 0.15) is 5.82 Å². The minimum absolute atomic E-state index is 0.701. The van der Waals surface area contributed by atoms with Crippen LogP contribution in [0.5, 0.6) is 0 Å². The lowest BCUT2D eigenvalue weighted by Gasteiger charge is -2.08. The first-order valence-electron chi connectivity index (χ1n) is 5.35. The molecule has 5 nitrogen and oxygen atoms in total. The van der Waals surface area contributed by atoms with E-state index in [-0.39, 0.29) is 0 Å². The van der Waals surface area contributed by atoms with Crippen LogP contribution in [-0.2, 0) is 0 Å². The van der Waals surface area contributed by atoms with Gasteiger partial charge in [-0.3, -0.25) is 0 Å². The van der Waals surface area contributed by atoms with Crippen LogP contribution in [0.3, 0.4) is 0 Å². The Morgan fingerprint density at radius 1 is 1.25 bits per heavy atom. The second kappa shape index (κ2) is 6.79. The summed E-state index contributed by atoms with van der Waals surface area (Å²) in [5.74, 6) is 2.41. The number of anilines is 2. The van der Waals surface area contributed by atoms with Crippen LogP contribution in [0, 0.1) is 6.92 Å². The van der Waals surface area contributed by atoms with Crippen molar-refractivity contribution in [2.45, 2.75) is 6.92 Å². The Labute approximate surface area is 96.4 Å². The molecular formula is C11H19N5. The molecule has 0 unspecified atom stereocenters. The number of likely N-dealkylation sites (N-methyl/N-ethyl adjacent to an activating group) is 1. The summed E-state index contributed by atoms with van der Waals surface area (Å²) in [5.41, 5.74) is 0. The molecule has 0 saturated heterocycles. The van der Waals surface area contributed by atoms with Crippen molar-refractivity contribution in [1.82, 2.24) is 15.3 Å². The van der Waals surface area contributed by atoms with E-state index >= 15 is 0 Å². The van der Waals surface area contributed by atoms with Gasteiger partial charge in [0.15, 0.2) is 0 Å². The van der Waals surface area contributed by atoms with Crippen molar-refractivity contribution >= 4 is 11.6 Å². The fourth-order valence-corrected chi connectivity index (χ4v) is 1.24. The highest BCUT2D eigenvalue weighted by Crippen LogP contribution is 2.10. The third-order valence-electron chi connectivity index (χ3n) is 1.95. The largest absolute Gasteiger partial charge is 0.369 e. The fraction of sp³-hybridized carbons (Fsp3) is 0.455. The van der Waals surface area contributed by atoms with Gasteiger partial charge < -0.3 is 16.0 Å². The van der Waals surface area contributed by atoms with Gasteiger partial charge in [0.25, 0.3) is 0 Å². The monoisotopic (exact) mass is 221 g/mol. The van der Waals surface area contributed by atoms with Crippen molar-refractivity contribution in [3.63, 3.8) is 0 Å². The summed E-state index contributed by atoms with van der Waals surface area (Å²) >= 11 is 0. The second-order valence-corrected chi connectivity index (χ2v) is 3.39. The molecule has 0 spiro atoms. The molecule has 1 rings (SSSR count). The van der Waals surface area contributed by atoms with Gasteiger partial charge in [0.1, 0.15) is 17.5 Å². The standard InChI is InChI=1S/C11H19N5/c1-4-5-13-10-8-11(14-7-6-12-3)16-9(2)15-10/h4,8,12H,1,5-7H2,2-3H3,(H2,13,14,15,16). The van der Waals surface area contributed by atoms with Crippen molar-refractivity contribution in [2.75, 3.05) is 37.3 Å². The number of hydrogen-bond donors (Lipinski definition) is 3. The summed E-state index contributed by atoms with van der Waals surface area (Å²) in [6.45, 7) is 7.97. The van der Waals surface area contributed by atoms with E-state index in [1.54, 1.807) is 6.08 Å². The van der Waals surface area contributed by atoms with Crippen LogP contribution in [-0.4, -0.2) is 36.6 Å². The first kappa shape index (κ1) is 12.4. The normalized spacial score (nSPS) is 9.88. The first-order valence-corrected chi connectivity index (χ1v) is 5.35. The van der Waals surface area contributed by atoms with Crippen LogP contribution >= 0.6 is 0 Å². The summed E-state index contributed by atoms with van der Waals surface area (Å²) in [6, 6.07) is 1.90. The number of nitrogens with one attached hydrogen (secondary N) is 3. The minimum Gasteiger partial charge on any atom is -0.369 e. The lowest BCUT2D eigenvalue weighted by atomic mass is 10.4. The summed E-state index contributed by atoms with van der Waals surface area (Å²) in [4.78, 5) is 8.57. The zero-order valence-corrected chi connectivity index (χ0v) is 9.88. The SMILES string of the molecule is C=CCNc1cc(NCCNC)nc(C)n1. The molecule has 16 heavy (non-hydrogen) atoms. The second-order valence-electron chi connectivity index (χ2n) is 3.39. The van der Waals surface area contributed by atoms with E-state index in [9.17, 15) is 0 Å². The molecule has 0 aliphatic rings. The van der Waals surface area contributed by atoms with Gasteiger partial charge in [-0.15, -0.1) is 6.58 Å². The summed E-state index contributed by atoms with van der Waals surface area (Å²) in [6.07, 6.45) is 1.80. The Morgan fingerprint density at radius 2 is 1.94 bits per heavy atom. The van der Waals surface area contributed by atoms with Gasteiger partial charge in [-0.1, -0.05) is 6.08 Å². The molecular weight excluding hydrogens is 202 g/mol. The highest BCUT2D eigenvalue weighted by atomic mass is 15.1. The van der Waals surface area contributed by atoms with E-state index in [1.807, 2.05) is 20.0 Å². The van der Waals surface area contributed by atoms with Gasteiger partial charge in [-0.2, -0.15) is 0 Å². The summed E-state index contributed by atoms with van der Waals surface area (Å²) in [5, 5.41) is 9.43. The quantitative estimate of drug-likeness (QED) is 0.474. The summed E-state index contributed by atoms with van der Waals surface area (Å²) < 4.78 is 0. The zero-order chi connectivity index (χ0) is 11.8. The predicted molar refractivity (Wildman–Crippen MR) is 67.9 cm³/mol. The van der Waals surface area contributed by atoms with Gasteiger partial charge >= 0.3 is 0 Å². The Bertz CT molecular complexity index is 337. The van der Waals surface area contributed by atoms with Gasteiger partial charge in [0.2, 0.25) is 0 Å². The van der Waals surface area contributed by atoms with Gasteiger partial charge in [-0.05, 0) is 14.0 Å². The van der Waals surface area contributed by atoms with Crippen LogP contribution < -0.4 is 16.0 Å². The van der Waals surface area contributed by atoms with Crippen LogP contribution in [0.4, 0.5) is 11.6 Å². The molecule has 0 fully saturated rings. The number of aromatic nitrogens is 2. The van der Waals surface area contributed by atoms with Gasteiger partial charge in [0.05, 0.1) is 0 Å². The van der Waals surface area contributed by atoms with Crippen molar-refractivity contribution in [3.05, 3.63) is 24.5 Å². The number of nitrogens with zero attached hydrogens (tertiary/aromatic N) is 2. The van der Waals surface area contributed by atoms with Crippen LogP contribution in [0.15, 0.2) is 18.7 Å². The van der Waals surface area contributed by atoms with Crippen LogP contribution in [0.2, 0.25) is 0 Å². The number of rotatable bonds is 7. The molecule has 1 aromatic heterocycles. The topological polar surface area (TPSA) is 61.9 Å². The Hall–Kier alpha value is -1.62. The third kappa shape index (κ3) is 4.27. The molecule has 0 atom stereocenters. The molecule has 0 aliphatic carbocycles. The van der Waals surface area contributed by atoms with E-state index in [0.717, 1.165) is 30.5 Å². The Balaban J connectivity index is 2.61. The molecule has 0 aromatic carbocycles. The molecule has 88 valence electrons. The van der Waals surface area contributed by atoms with E-state index in [4.69, 9.17) is 0 Å². The molecule has 3 N–H and O–H groups in total. The third-order valence-corrected chi connectivity index (χ3v) is 1.95. The first-order chi connectivity index (χ1) is 7.76. The molecule has 0 saturated carbocycles. The maximum absolute atomic E-state index is 4.30. The Kier molecular flexibility index (Phi) is 5.28. The molecule has 5 heteroatoms. The molecule has 1 heterocycles. The number of hydrogen-bond acceptors (Lipinski definition) is 5. The van der Waals surface area contributed by atoms with Gasteiger partial charge in [0, 0.05) is 25.7 Å². The molecule has 0 bridgehead atoms. The smallest absolute Gasteiger partial charge is 0.132 e. The van der Waals surface area contributed by atoms with E-state index < -0.39 is 0 Å². The minimum atomic E-state index is 0.701. The van der Waals surface area contributed by atoms with Crippen LogP contribution in [0.25, 0.3) is 0 Å². The van der Waals surface area contributed by atoms with E-state index in [2.05, 4.69) is 32.5 Å². The van der Waals surface area contributed by atoms with E-state index in [1.165, 1.54) is 0 Å². The molecule has 0 amide bonds. The molecule has 0 aliphatic heterocycles. The molecule has 0 radical (unpaired) electrons.